The van der Waals surface area contributed by atoms with E-state index in [-0.39, 0.29) is 5.92 Å². The minimum Gasteiger partial charge on any atom is -0.494 e. The SMILES string of the molecule is COc1ccccc1-n1nc(C(C)C)nc1[C@@H](O)CCSC. The average molecular weight is 321 g/mol. The van der Waals surface area contributed by atoms with Gasteiger partial charge >= 0.3 is 0 Å². The summed E-state index contributed by atoms with van der Waals surface area (Å²) in [5, 5.41) is 15.1. The van der Waals surface area contributed by atoms with Crippen molar-refractivity contribution < 1.29 is 9.84 Å². The quantitative estimate of drug-likeness (QED) is 0.848. The number of hydrogen-bond acceptors (Lipinski definition) is 5. The molecule has 1 atom stereocenters. The Balaban J connectivity index is 2.48. The zero-order valence-corrected chi connectivity index (χ0v) is 14.3. The van der Waals surface area contributed by atoms with Crippen molar-refractivity contribution in [2.24, 2.45) is 0 Å². The van der Waals surface area contributed by atoms with E-state index < -0.39 is 6.10 Å². The lowest BCUT2D eigenvalue weighted by Gasteiger charge is -2.13. The molecule has 0 unspecified atom stereocenters. The van der Waals surface area contributed by atoms with Gasteiger partial charge in [0, 0.05) is 5.92 Å². The molecule has 5 nitrogen and oxygen atoms in total. The molecular weight excluding hydrogens is 298 g/mol. The van der Waals surface area contributed by atoms with E-state index in [9.17, 15) is 5.11 Å². The smallest absolute Gasteiger partial charge is 0.161 e. The highest BCUT2D eigenvalue weighted by Crippen LogP contribution is 2.27. The standard InChI is InChI=1S/C16H23N3O2S/c1-11(2)15-17-16(13(20)9-10-22-4)19(18-15)12-7-5-6-8-14(12)21-3/h5-8,11,13,20H,9-10H2,1-4H3/t13-/m0/s1. The molecule has 22 heavy (non-hydrogen) atoms. The molecule has 1 aromatic heterocycles. The number of aliphatic hydroxyl groups is 1. The summed E-state index contributed by atoms with van der Waals surface area (Å²) in [6, 6.07) is 7.63. The summed E-state index contributed by atoms with van der Waals surface area (Å²) < 4.78 is 7.12. The lowest BCUT2D eigenvalue weighted by atomic mass is 10.2. The van der Waals surface area contributed by atoms with Gasteiger partial charge in [-0.05, 0) is 30.6 Å². The van der Waals surface area contributed by atoms with Crippen LogP contribution in [0.1, 0.15) is 43.9 Å². The molecule has 0 aliphatic carbocycles. The maximum absolute atomic E-state index is 10.5. The zero-order valence-electron chi connectivity index (χ0n) is 13.5. The topological polar surface area (TPSA) is 60.2 Å². The van der Waals surface area contributed by atoms with Crippen molar-refractivity contribution in [3.8, 4) is 11.4 Å². The number of thioether (sulfide) groups is 1. The molecule has 0 aliphatic rings. The fraction of sp³-hybridized carbons (Fsp3) is 0.500. The largest absolute Gasteiger partial charge is 0.494 e. The van der Waals surface area contributed by atoms with Gasteiger partial charge in [0.05, 0.1) is 7.11 Å². The van der Waals surface area contributed by atoms with Crippen LogP contribution in [0.4, 0.5) is 0 Å². The van der Waals surface area contributed by atoms with Crippen LogP contribution in [-0.2, 0) is 0 Å². The second kappa shape index (κ2) is 7.65. The van der Waals surface area contributed by atoms with Crippen molar-refractivity contribution in [2.75, 3.05) is 19.1 Å². The van der Waals surface area contributed by atoms with E-state index in [1.54, 1.807) is 23.6 Å². The minimum atomic E-state index is -0.641. The molecule has 0 amide bonds. The summed E-state index contributed by atoms with van der Waals surface area (Å²) in [6.45, 7) is 4.08. The molecule has 1 aromatic carbocycles. The van der Waals surface area contributed by atoms with Gasteiger partial charge in [-0.15, -0.1) is 0 Å². The highest BCUT2D eigenvalue weighted by molar-refractivity contribution is 7.98. The molecule has 0 saturated carbocycles. The third-order valence-corrected chi connectivity index (χ3v) is 4.02. The summed E-state index contributed by atoms with van der Waals surface area (Å²) in [7, 11) is 1.63. The van der Waals surface area contributed by atoms with Crippen LogP contribution in [-0.4, -0.2) is 39.0 Å². The molecule has 0 aliphatic heterocycles. The van der Waals surface area contributed by atoms with Gasteiger partial charge in [0.1, 0.15) is 17.5 Å². The van der Waals surface area contributed by atoms with Crippen molar-refractivity contribution in [1.82, 2.24) is 14.8 Å². The van der Waals surface area contributed by atoms with Crippen molar-refractivity contribution >= 4 is 11.8 Å². The van der Waals surface area contributed by atoms with E-state index >= 15 is 0 Å². The molecule has 0 saturated heterocycles. The van der Waals surface area contributed by atoms with Crippen LogP contribution in [0.3, 0.4) is 0 Å². The number of rotatable bonds is 7. The maximum atomic E-state index is 10.5. The molecule has 120 valence electrons. The first-order chi connectivity index (χ1) is 10.6. The van der Waals surface area contributed by atoms with E-state index in [0.717, 1.165) is 17.3 Å². The van der Waals surface area contributed by atoms with Crippen molar-refractivity contribution in [3.63, 3.8) is 0 Å². The van der Waals surface area contributed by atoms with Crippen LogP contribution in [0.5, 0.6) is 5.75 Å². The predicted octanol–water partition coefficient (Wildman–Crippen LogP) is 3.19. The normalized spacial score (nSPS) is 12.6. The zero-order chi connectivity index (χ0) is 16.1. The summed E-state index contributed by atoms with van der Waals surface area (Å²) in [5.41, 5.74) is 0.794. The first-order valence-corrected chi connectivity index (χ1v) is 8.75. The van der Waals surface area contributed by atoms with Crippen molar-refractivity contribution in [2.45, 2.75) is 32.3 Å². The van der Waals surface area contributed by atoms with Crippen molar-refractivity contribution in [1.29, 1.82) is 0 Å². The molecule has 2 aromatic rings. The average Bonchev–Trinajstić information content (AvgIpc) is 2.98. The Hall–Kier alpha value is -1.53. The van der Waals surface area contributed by atoms with Gasteiger partial charge < -0.3 is 9.84 Å². The van der Waals surface area contributed by atoms with Gasteiger partial charge in [-0.25, -0.2) is 9.67 Å². The molecule has 0 spiro atoms. The van der Waals surface area contributed by atoms with Crippen LogP contribution < -0.4 is 4.74 Å². The molecule has 0 radical (unpaired) electrons. The van der Waals surface area contributed by atoms with Crippen LogP contribution in [0.15, 0.2) is 24.3 Å². The summed E-state index contributed by atoms with van der Waals surface area (Å²) in [4.78, 5) is 4.55. The minimum absolute atomic E-state index is 0.197. The van der Waals surface area contributed by atoms with E-state index in [1.165, 1.54) is 0 Å². The maximum Gasteiger partial charge on any atom is 0.161 e. The fourth-order valence-corrected chi connectivity index (χ4v) is 2.60. The predicted molar refractivity (Wildman–Crippen MR) is 90.0 cm³/mol. The fourth-order valence-electron chi connectivity index (χ4n) is 2.14. The summed E-state index contributed by atoms with van der Waals surface area (Å²) in [6.07, 6.45) is 2.03. The van der Waals surface area contributed by atoms with E-state index in [2.05, 4.69) is 10.1 Å². The Bertz CT molecular complexity index is 613. The summed E-state index contributed by atoms with van der Waals surface area (Å²) in [5.74, 6) is 3.08. The van der Waals surface area contributed by atoms with Crippen LogP contribution in [0, 0.1) is 0 Å². The second-order valence-electron chi connectivity index (χ2n) is 5.36. The van der Waals surface area contributed by atoms with Crippen LogP contribution >= 0.6 is 11.8 Å². The molecule has 0 fully saturated rings. The third-order valence-electron chi connectivity index (χ3n) is 3.37. The molecule has 6 heteroatoms. The van der Waals surface area contributed by atoms with E-state index in [1.807, 2.05) is 44.4 Å². The number of nitrogens with zero attached hydrogens (tertiary/aromatic N) is 3. The van der Waals surface area contributed by atoms with Crippen LogP contribution in [0.25, 0.3) is 5.69 Å². The first-order valence-electron chi connectivity index (χ1n) is 7.35. The van der Waals surface area contributed by atoms with Gasteiger partial charge in [-0.3, -0.25) is 0 Å². The Labute approximate surface area is 135 Å². The number of benzene rings is 1. The number of hydrogen-bond donors (Lipinski definition) is 1. The highest BCUT2D eigenvalue weighted by Gasteiger charge is 2.21. The number of para-hydroxylation sites is 2. The number of aliphatic hydroxyl groups excluding tert-OH is 1. The summed E-state index contributed by atoms with van der Waals surface area (Å²) >= 11 is 1.70. The Morgan fingerprint density at radius 1 is 1.32 bits per heavy atom. The van der Waals surface area contributed by atoms with E-state index in [0.29, 0.717) is 18.0 Å². The van der Waals surface area contributed by atoms with Gasteiger partial charge in [0.15, 0.2) is 11.6 Å². The van der Waals surface area contributed by atoms with Gasteiger partial charge in [0.25, 0.3) is 0 Å². The molecule has 1 N–H and O–H groups in total. The number of methoxy groups -OCH3 is 1. The Kier molecular flexibility index (Phi) is 5.85. The monoisotopic (exact) mass is 321 g/mol. The van der Waals surface area contributed by atoms with E-state index in [4.69, 9.17) is 4.74 Å². The molecule has 0 bridgehead atoms. The number of aromatic nitrogens is 3. The third kappa shape index (κ3) is 3.62. The van der Waals surface area contributed by atoms with Gasteiger partial charge in [-0.2, -0.15) is 16.9 Å². The molecule has 2 rings (SSSR count). The second-order valence-corrected chi connectivity index (χ2v) is 6.35. The molecule has 1 heterocycles. The van der Waals surface area contributed by atoms with Crippen LogP contribution in [0.2, 0.25) is 0 Å². The molecular formula is C16H23N3O2S. The first kappa shape index (κ1) is 16.8. The lowest BCUT2D eigenvalue weighted by Crippen LogP contribution is -2.10. The van der Waals surface area contributed by atoms with Gasteiger partial charge in [0.2, 0.25) is 0 Å². The Morgan fingerprint density at radius 2 is 2.05 bits per heavy atom. The van der Waals surface area contributed by atoms with Gasteiger partial charge in [-0.1, -0.05) is 26.0 Å². The highest BCUT2D eigenvalue weighted by atomic mass is 32.2. The van der Waals surface area contributed by atoms with Crippen molar-refractivity contribution in [3.05, 3.63) is 35.9 Å². The Morgan fingerprint density at radius 3 is 2.68 bits per heavy atom. The number of ether oxygens (including phenoxy) is 1. The lowest BCUT2D eigenvalue weighted by molar-refractivity contribution is 0.162.